The number of amides is 1. The number of carbonyl (C=O) groups is 1. The van der Waals surface area contributed by atoms with Crippen LogP contribution in [0.15, 0.2) is 33.7 Å². The second-order valence-electron chi connectivity index (χ2n) is 9.97. The SMILES string of the molecule is CC(C)Cc1ccc(S(=O)(=O)N2CCN(Cc3noc(CCC(=O)N4CCCCC4)n3)CC2)cc1. The summed E-state index contributed by atoms with van der Waals surface area (Å²) in [7, 11) is -3.50. The van der Waals surface area contributed by atoms with Crippen LogP contribution in [0, 0.1) is 5.92 Å². The van der Waals surface area contributed by atoms with E-state index < -0.39 is 10.0 Å². The average molecular weight is 504 g/mol. The Kier molecular flexibility index (Phi) is 8.56. The van der Waals surface area contributed by atoms with E-state index in [2.05, 4.69) is 28.9 Å². The van der Waals surface area contributed by atoms with Crippen LogP contribution in [0.3, 0.4) is 0 Å². The van der Waals surface area contributed by atoms with Gasteiger partial charge in [0.05, 0.1) is 11.4 Å². The lowest BCUT2D eigenvalue weighted by atomic mass is 10.0. The maximum atomic E-state index is 13.1. The number of hydrogen-bond donors (Lipinski definition) is 0. The molecule has 2 aliphatic rings. The quantitative estimate of drug-likeness (QED) is 0.519. The van der Waals surface area contributed by atoms with Crippen LogP contribution in [0.5, 0.6) is 0 Å². The van der Waals surface area contributed by atoms with E-state index in [-0.39, 0.29) is 5.91 Å². The van der Waals surface area contributed by atoms with Crippen molar-refractivity contribution in [1.29, 1.82) is 0 Å². The van der Waals surface area contributed by atoms with E-state index in [9.17, 15) is 13.2 Å². The van der Waals surface area contributed by atoms with Gasteiger partial charge in [0.25, 0.3) is 0 Å². The average Bonchev–Trinajstić information content (AvgIpc) is 3.30. The first kappa shape index (κ1) is 25.8. The molecule has 2 saturated heterocycles. The first-order chi connectivity index (χ1) is 16.8. The highest BCUT2D eigenvalue weighted by Gasteiger charge is 2.29. The van der Waals surface area contributed by atoms with Gasteiger partial charge in [-0.1, -0.05) is 31.1 Å². The van der Waals surface area contributed by atoms with Crippen molar-refractivity contribution in [1.82, 2.24) is 24.2 Å². The van der Waals surface area contributed by atoms with Crippen molar-refractivity contribution in [2.24, 2.45) is 5.92 Å². The number of carbonyl (C=O) groups excluding carboxylic acids is 1. The molecule has 1 aromatic heterocycles. The van der Waals surface area contributed by atoms with Gasteiger partial charge in [0.2, 0.25) is 21.8 Å². The predicted octanol–water partition coefficient (Wildman–Crippen LogP) is 2.72. The summed E-state index contributed by atoms with van der Waals surface area (Å²) in [5.41, 5.74) is 1.15. The Labute approximate surface area is 208 Å². The molecular formula is C25H37N5O4S. The number of nitrogens with zero attached hydrogens (tertiary/aromatic N) is 5. The molecule has 0 saturated carbocycles. The van der Waals surface area contributed by atoms with Crippen molar-refractivity contribution < 1.29 is 17.7 Å². The molecule has 0 bridgehead atoms. The first-order valence-electron chi connectivity index (χ1n) is 12.7. The Balaban J connectivity index is 1.24. The molecule has 35 heavy (non-hydrogen) atoms. The third-order valence-electron chi connectivity index (χ3n) is 6.67. The fourth-order valence-corrected chi connectivity index (χ4v) is 6.14. The van der Waals surface area contributed by atoms with E-state index in [0.717, 1.165) is 37.9 Å². The van der Waals surface area contributed by atoms with Gasteiger partial charge < -0.3 is 9.42 Å². The maximum Gasteiger partial charge on any atom is 0.243 e. The van der Waals surface area contributed by atoms with Crippen LogP contribution in [-0.4, -0.2) is 77.8 Å². The van der Waals surface area contributed by atoms with E-state index in [0.29, 0.717) is 68.1 Å². The van der Waals surface area contributed by atoms with Crippen LogP contribution in [0.1, 0.15) is 56.8 Å². The van der Waals surface area contributed by atoms with Gasteiger partial charge in [-0.05, 0) is 49.3 Å². The molecule has 10 heteroatoms. The highest BCUT2D eigenvalue weighted by Crippen LogP contribution is 2.20. The smallest absolute Gasteiger partial charge is 0.243 e. The summed E-state index contributed by atoms with van der Waals surface area (Å²) in [6.45, 7) is 8.54. The third-order valence-corrected chi connectivity index (χ3v) is 8.59. The van der Waals surface area contributed by atoms with Gasteiger partial charge in [-0.25, -0.2) is 8.42 Å². The summed E-state index contributed by atoms with van der Waals surface area (Å²) in [5, 5.41) is 4.06. The zero-order chi connectivity index (χ0) is 24.8. The zero-order valence-electron chi connectivity index (χ0n) is 20.9. The van der Waals surface area contributed by atoms with Gasteiger partial charge in [-0.3, -0.25) is 9.69 Å². The number of likely N-dealkylation sites (tertiary alicyclic amines) is 1. The molecular weight excluding hydrogens is 466 g/mol. The lowest BCUT2D eigenvalue weighted by molar-refractivity contribution is -0.132. The minimum Gasteiger partial charge on any atom is -0.343 e. The number of rotatable bonds is 9. The summed E-state index contributed by atoms with van der Waals surface area (Å²) in [6.07, 6.45) is 5.13. The van der Waals surface area contributed by atoms with E-state index >= 15 is 0 Å². The summed E-state index contributed by atoms with van der Waals surface area (Å²) in [4.78, 5) is 21.2. The minimum absolute atomic E-state index is 0.149. The predicted molar refractivity (Wildman–Crippen MR) is 132 cm³/mol. The molecule has 0 N–H and O–H groups in total. The van der Waals surface area contributed by atoms with Crippen LogP contribution in [0.25, 0.3) is 0 Å². The summed E-state index contributed by atoms with van der Waals surface area (Å²) >= 11 is 0. The summed E-state index contributed by atoms with van der Waals surface area (Å²) in [5.74, 6) is 1.73. The Morgan fingerprint density at radius 3 is 2.34 bits per heavy atom. The molecule has 0 radical (unpaired) electrons. The molecule has 4 rings (SSSR count). The van der Waals surface area contributed by atoms with E-state index in [4.69, 9.17) is 4.52 Å². The van der Waals surface area contributed by atoms with Crippen LogP contribution in [0.2, 0.25) is 0 Å². The highest BCUT2D eigenvalue weighted by atomic mass is 32.2. The molecule has 0 spiro atoms. The molecule has 192 valence electrons. The lowest BCUT2D eigenvalue weighted by Gasteiger charge is -2.33. The van der Waals surface area contributed by atoms with E-state index in [1.165, 1.54) is 6.42 Å². The molecule has 0 unspecified atom stereocenters. The fourth-order valence-electron chi connectivity index (χ4n) is 4.72. The van der Waals surface area contributed by atoms with Gasteiger partial charge in [0.15, 0.2) is 5.82 Å². The first-order valence-corrected chi connectivity index (χ1v) is 14.2. The van der Waals surface area contributed by atoms with E-state index in [1.54, 1.807) is 16.4 Å². The Morgan fingerprint density at radius 2 is 1.69 bits per heavy atom. The van der Waals surface area contributed by atoms with Crippen molar-refractivity contribution >= 4 is 15.9 Å². The highest BCUT2D eigenvalue weighted by molar-refractivity contribution is 7.89. The monoisotopic (exact) mass is 503 g/mol. The number of piperidine rings is 1. The summed E-state index contributed by atoms with van der Waals surface area (Å²) in [6, 6.07) is 7.26. The van der Waals surface area contributed by atoms with Crippen LogP contribution >= 0.6 is 0 Å². The van der Waals surface area contributed by atoms with Gasteiger partial charge in [0.1, 0.15) is 0 Å². The molecule has 0 atom stereocenters. The minimum atomic E-state index is -3.50. The van der Waals surface area contributed by atoms with Crippen LogP contribution in [0.4, 0.5) is 0 Å². The third kappa shape index (κ3) is 6.89. The normalized spacial score (nSPS) is 18.3. The zero-order valence-corrected chi connectivity index (χ0v) is 21.7. The number of benzene rings is 1. The standard InChI is InChI=1S/C25H37N5O4S/c1-20(2)18-21-6-8-22(9-7-21)35(32,33)30-16-14-28(15-17-30)19-23-26-24(34-27-23)10-11-25(31)29-12-4-3-5-13-29/h6-9,20H,3-5,10-19H2,1-2H3. The molecule has 9 nitrogen and oxygen atoms in total. The van der Waals surface area contributed by atoms with Crippen molar-refractivity contribution in [3.63, 3.8) is 0 Å². The van der Waals surface area contributed by atoms with Gasteiger partial charge in [-0.15, -0.1) is 0 Å². The fraction of sp³-hybridized carbons (Fsp3) is 0.640. The second-order valence-corrected chi connectivity index (χ2v) is 11.9. The van der Waals surface area contributed by atoms with Crippen molar-refractivity contribution in [2.75, 3.05) is 39.3 Å². The maximum absolute atomic E-state index is 13.1. The summed E-state index contributed by atoms with van der Waals surface area (Å²) < 4.78 is 33.0. The lowest BCUT2D eigenvalue weighted by Crippen LogP contribution is -2.48. The van der Waals surface area contributed by atoms with Gasteiger partial charge in [-0.2, -0.15) is 9.29 Å². The topological polar surface area (TPSA) is 99.8 Å². The largest absolute Gasteiger partial charge is 0.343 e. The molecule has 1 aromatic carbocycles. The van der Waals surface area contributed by atoms with Crippen molar-refractivity contribution in [2.45, 2.75) is 63.8 Å². The molecule has 2 fully saturated rings. The number of aromatic nitrogens is 2. The number of aryl methyl sites for hydroxylation is 1. The molecule has 2 aliphatic heterocycles. The van der Waals surface area contributed by atoms with Crippen LogP contribution < -0.4 is 0 Å². The van der Waals surface area contributed by atoms with Crippen molar-refractivity contribution in [3.05, 3.63) is 41.5 Å². The number of hydrogen-bond acceptors (Lipinski definition) is 7. The Bertz CT molecular complexity index is 1070. The number of piperazine rings is 1. The molecule has 0 aliphatic carbocycles. The number of sulfonamides is 1. The van der Waals surface area contributed by atoms with Gasteiger partial charge >= 0.3 is 0 Å². The second kappa shape index (κ2) is 11.6. The van der Waals surface area contributed by atoms with Crippen molar-refractivity contribution in [3.8, 4) is 0 Å². The Hall–Kier alpha value is -2.30. The van der Waals surface area contributed by atoms with Crippen LogP contribution in [-0.2, 0) is 34.2 Å². The van der Waals surface area contributed by atoms with Gasteiger partial charge in [0, 0.05) is 52.1 Å². The van der Waals surface area contributed by atoms with E-state index in [1.807, 2.05) is 17.0 Å². The molecule has 1 amide bonds. The molecule has 3 heterocycles. The Morgan fingerprint density at radius 1 is 1.00 bits per heavy atom. The molecule has 2 aromatic rings.